The van der Waals surface area contributed by atoms with E-state index in [1.807, 2.05) is 0 Å². The summed E-state index contributed by atoms with van der Waals surface area (Å²) in [4.78, 5) is 0. The van der Waals surface area contributed by atoms with Gasteiger partial charge in [0.2, 0.25) is 0 Å². The number of hydrogen-bond acceptors (Lipinski definition) is 0. The fraction of sp³-hybridized carbons (Fsp3) is 1.00. The van der Waals surface area contributed by atoms with Crippen molar-refractivity contribution in [3.63, 3.8) is 0 Å². The van der Waals surface area contributed by atoms with Gasteiger partial charge < -0.3 is 0 Å². The minimum absolute atomic E-state index is 0.459. The monoisotopic (exact) mass is 250 g/mol. The van der Waals surface area contributed by atoms with Gasteiger partial charge >= 0.3 is 0 Å². The van der Waals surface area contributed by atoms with Crippen molar-refractivity contribution < 1.29 is 0 Å². The first-order valence-corrected chi connectivity index (χ1v) is 8.16. The number of hydrogen-bond donors (Lipinski definition) is 0. The van der Waals surface area contributed by atoms with Crippen LogP contribution in [0, 0.1) is 21.7 Å². The van der Waals surface area contributed by atoms with Gasteiger partial charge in [0.1, 0.15) is 0 Å². The van der Waals surface area contributed by atoms with Crippen LogP contribution in [0.5, 0.6) is 0 Å². The van der Waals surface area contributed by atoms with Gasteiger partial charge in [0.15, 0.2) is 0 Å². The summed E-state index contributed by atoms with van der Waals surface area (Å²) in [5.74, 6) is 0. The molecule has 0 unspecified atom stereocenters. The zero-order valence-corrected chi connectivity index (χ0v) is 13.7. The molecule has 0 aromatic carbocycles. The fourth-order valence-corrected chi connectivity index (χ4v) is 5.85. The van der Waals surface area contributed by atoms with Gasteiger partial charge in [0.25, 0.3) is 0 Å². The molecule has 0 amide bonds. The highest BCUT2D eigenvalue weighted by atomic mass is 14.7. The van der Waals surface area contributed by atoms with E-state index < -0.39 is 0 Å². The van der Waals surface area contributed by atoms with Crippen LogP contribution in [0.1, 0.15) is 92.9 Å². The first-order valence-electron chi connectivity index (χ1n) is 8.16. The van der Waals surface area contributed by atoms with Crippen LogP contribution in [0.2, 0.25) is 0 Å². The highest BCUT2D eigenvalue weighted by Gasteiger charge is 2.62. The molecule has 2 aliphatic carbocycles. The van der Waals surface area contributed by atoms with E-state index in [9.17, 15) is 0 Å². The highest BCUT2D eigenvalue weighted by Crippen LogP contribution is 2.71. The van der Waals surface area contributed by atoms with Crippen molar-refractivity contribution in [2.75, 3.05) is 0 Å². The van der Waals surface area contributed by atoms with Gasteiger partial charge in [0.05, 0.1) is 0 Å². The predicted molar refractivity (Wildman–Crippen MR) is 80.7 cm³/mol. The summed E-state index contributed by atoms with van der Waals surface area (Å²) in [5, 5.41) is 0. The third kappa shape index (κ3) is 1.78. The Kier molecular flexibility index (Phi) is 3.40. The van der Waals surface area contributed by atoms with Crippen LogP contribution in [0.15, 0.2) is 0 Å². The molecule has 106 valence electrons. The molecule has 2 fully saturated rings. The molecule has 0 spiro atoms. The average Bonchev–Trinajstić information content (AvgIpc) is 2.26. The summed E-state index contributed by atoms with van der Waals surface area (Å²) in [6.45, 7) is 15.1. The Morgan fingerprint density at radius 3 is 0.889 bits per heavy atom. The predicted octanol–water partition coefficient (Wildman–Crippen LogP) is 6.20. The molecule has 0 aromatic heterocycles. The van der Waals surface area contributed by atoms with E-state index >= 15 is 0 Å². The molecule has 2 rings (SSSR count). The van der Waals surface area contributed by atoms with E-state index in [1.165, 1.54) is 51.4 Å². The zero-order chi connectivity index (χ0) is 13.7. The van der Waals surface area contributed by atoms with E-state index in [2.05, 4.69) is 41.5 Å². The van der Waals surface area contributed by atoms with E-state index in [0.29, 0.717) is 21.7 Å². The molecule has 0 bridgehead atoms. The van der Waals surface area contributed by atoms with Gasteiger partial charge in [-0.2, -0.15) is 0 Å². The highest BCUT2D eigenvalue weighted by molar-refractivity contribution is 5.11. The maximum atomic E-state index is 2.52. The fourth-order valence-electron chi connectivity index (χ4n) is 5.85. The van der Waals surface area contributed by atoms with E-state index in [1.54, 1.807) is 0 Å². The van der Waals surface area contributed by atoms with Crippen molar-refractivity contribution in [3.8, 4) is 0 Å². The molecule has 0 heterocycles. The van der Waals surface area contributed by atoms with Crippen molar-refractivity contribution in [2.24, 2.45) is 21.7 Å². The van der Waals surface area contributed by atoms with Crippen molar-refractivity contribution in [2.45, 2.75) is 92.9 Å². The Morgan fingerprint density at radius 1 is 0.500 bits per heavy atom. The maximum absolute atomic E-state index is 2.52. The molecule has 0 radical (unpaired) electrons. The van der Waals surface area contributed by atoms with Gasteiger partial charge in [0, 0.05) is 0 Å². The molecular weight excluding hydrogens is 216 g/mol. The Labute approximate surface area is 115 Å². The van der Waals surface area contributed by atoms with Gasteiger partial charge in [-0.15, -0.1) is 0 Å². The third-order valence-electron chi connectivity index (χ3n) is 6.70. The molecule has 0 N–H and O–H groups in total. The largest absolute Gasteiger partial charge is 0.0596 e. The Hall–Kier alpha value is 0. The molecular formula is C18H34. The minimum atomic E-state index is 0.459. The van der Waals surface area contributed by atoms with Gasteiger partial charge in [-0.3, -0.25) is 0 Å². The first-order chi connectivity index (χ1) is 8.16. The lowest BCUT2D eigenvalue weighted by atomic mass is 9.37. The first kappa shape index (κ1) is 14.4. The molecule has 2 aliphatic rings. The lowest BCUT2D eigenvalue weighted by Gasteiger charge is -2.68. The lowest BCUT2D eigenvalue weighted by molar-refractivity contribution is -0.184. The van der Waals surface area contributed by atoms with E-state index in [-0.39, 0.29) is 0 Å². The molecule has 0 atom stereocenters. The van der Waals surface area contributed by atoms with Crippen molar-refractivity contribution in [3.05, 3.63) is 0 Å². The molecule has 18 heavy (non-hydrogen) atoms. The summed E-state index contributed by atoms with van der Waals surface area (Å²) < 4.78 is 0. The Balaban J connectivity index is 2.55. The van der Waals surface area contributed by atoms with Crippen molar-refractivity contribution >= 4 is 0 Å². The zero-order valence-electron chi connectivity index (χ0n) is 13.7. The molecule has 0 nitrogen and oxygen atoms in total. The van der Waals surface area contributed by atoms with Gasteiger partial charge in [-0.25, -0.2) is 0 Å². The standard InChI is InChI=1S/C18H34/c1-15(2,3)17-11-7-9-13-18(17,16(4,5)6)14-10-8-12-17/h7-14H2,1-6H3. The molecule has 0 saturated heterocycles. The van der Waals surface area contributed by atoms with Gasteiger partial charge in [-0.1, -0.05) is 67.2 Å². The SMILES string of the molecule is CC(C)(C)C12CCCCC1(C(C)(C)C)CCCC2. The van der Waals surface area contributed by atoms with Crippen LogP contribution in [-0.4, -0.2) is 0 Å². The Bertz CT molecular complexity index is 253. The minimum Gasteiger partial charge on any atom is -0.0596 e. The summed E-state index contributed by atoms with van der Waals surface area (Å²) in [5.41, 5.74) is 2.10. The second kappa shape index (κ2) is 4.25. The summed E-state index contributed by atoms with van der Waals surface area (Å²) in [6, 6.07) is 0. The van der Waals surface area contributed by atoms with Crippen LogP contribution < -0.4 is 0 Å². The molecule has 0 heteroatoms. The lowest BCUT2D eigenvalue weighted by Crippen LogP contribution is -2.59. The Morgan fingerprint density at radius 2 is 0.722 bits per heavy atom. The second-order valence-electron chi connectivity index (χ2n) is 9.08. The van der Waals surface area contributed by atoms with E-state index in [0.717, 1.165) is 0 Å². The third-order valence-corrected chi connectivity index (χ3v) is 6.70. The molecule has 0 aliphatic heterocycles. The van der Waals surface area contributed by atoms with Crippen LogP contribution in [0.3, 0.4) is 0 Å². The summed E-state index contributed by atoms with van der Waals surface area (Å²) >= 11 is 0. The smallest absolute Gasteiger partial charge is 0.0187 e. The average molecular weight is 250 g/mol. The van der Waals surface area contributed by atoms with Crippen molar-refractivity contribution in [1.29, 1.82) is 0 Å². The number of fused-ring (bicyclic) bond motifs is 1. The summed E-state index contributed by atoms with van der Waals surface area (Å²) in [7, 11) is 0. The molecule has 2 saturated carbocycles. The van der Waals surface area contributed by atoms with Crippen LogP contribution >= 0.6 is 0 Å². The van der Waals surface area contributed by atoms with Crippen LogP contribution in [0.4, 0.5) is 0 Å². The quantitative estimate of drug-likeness (QED) is 0.480. The normalized spacial score (nSPS) is 38.3. The maximum Gasteiger partial charge on any atom is -0.0187 e. The van der Waals surface area contributed by atoms with Crippen LogP contribution in [-0.2, 0) is 0 Å². The number of rotatable bonds is 0. The molecule has 0 aromatic rings. The second-order valence-corrected chi connectivity index (χ2v) is 9.08. The van der Waals surface area contributed by atoms with Crippen molar-refractivity contribution in [1.82, 2.24) is 0 Å². The van der Waals surface area contributed by atoms with Gasteiger partial charge in [-0.05, 0) is 47.3 Å². The summed E-state index contributed by atoms with van der Waals surface area (Å²) in [6.07, 6.45) is 11.8. The van der Waals surface area contributed by atoms with E-state index in [4.69, 9.17) is 0 Å². The van der Waals surface area contributed by atoms with Crippen LogP contribution in [0.25, 0.3) is 0 Å². The topological polar surface area (TPSA) is 0 Å².